The Kier molecular flexibility index (Phi) is 13.2. The first kappa shape index (κ1) is 20.4. The lowest BCUT2D eigenvalue weighted by molar-refractivity contribution is -0.140. The first-order chi connectivity index (χ1) is 10.6. The van der Waals surface area contributed by atoms with E-state index in [2.05, 4.69) is 16.1 Å². The Hall–Kier alpha value is -1.64. The number of carbonyl (C=O) groups is 2. The summed E-state index contributed by atoms with van der Waals surface area (Å²) in [6, 6.07) is 0. The molecule has 0 bridgehead atoms. The Morgan fingerprint density at radius 3 is 1.59 bits per heavy atom. The fourth-order valence-corrected chi connectivity index (χ4v) is 1.10. The monoisotopic (exact) mass is 320 g/mol. The van der Waals surface area contributed by atoms with Gasteiger partial charge in [-0.15, -0.1) is 0 Å². The van der Waals surface area contributed by atoms with Crippen molar-refractivity contribution in [2.75, 3.05) is 60.0 Å². The van der Waals surface area contributed by atoms with Gasteiger partial charge in [0.25, 0.3) is 0 Å². The first-order valence-corrected chi connectivity index (χ1v) is 6.84. The molecule has 0 aliphatic carbocycles. The van der Waals surface area contributed by atoms with E-state index in [1.165, 1.54) is 7.11 Å². The molecule has 0 amide bonds. The Morgan fingerprint density at radius 1 is 0.773 bits per heavy atom. The van der Waals surface area contributed by atoms with Crippen LogP contribution in [0.25, 0.3) is 0 Å². The highest BCUT2D eigenvalue weighted by molar-refractivity contribution is 5.86. The zero-order valence-corrected chi connectivity index (χ0v) is 13.1. The van der Waals surface area contributed by atoms with Gasteiger partial charge in [-0.2, -0.15) is 0 Å². The van der Waals surface area contributed by atoms with E-state index in [1.807, 2.05) is 0 Å². The van der Waals surface area contributed by atoms with Crippen molar-refractivity contribution in [3.05, 3.63) is 12.2 Å². The Bertz CT molecular complexity index is 329. The van der Waals surface area contributed by atoms with Crippen molar-refractivity contribution in [2.45, 2.75) is 6.92 Å². The molecule has 0 aromatic heterocycles. The maximum Gasteiger partial charge on any atom is 0.508 e. The molecule has 0 saturated heterocycles. The van der Waals surface area contributed by atoms with Gasteiger partial charge in [0.1, 0.15) is 13.2 Å². The summed E-state index contributed by atoms with van der Waals surface area (Å²) in [5, 5.41) is 0. The zero-order valence-electron chi connectivity index (χ0n) is 13.1. The average Bonchev–Trinajstić information content (AvgIpc) is 2.51. The first-order valence-electron chi connectivity index (χ1n) is 6.84. The molecular weight excluding hydrogens is 296 g/mol. The average molecular weight is 320 g/mol. The number of hydrogen-bond acceptors (Lipinski definition) is 8. The maximum atomic E-state index is 11.0. The Balaban J connectivity index is 3.13. The second-order valence-electron chi connectivity index (χ2n) is 4.06. The van der Waals surface area contributed by atoms with Gasteiger partial charge in [0.2, 0.25) is 0 Å². The lowest BCUT2D eigenvalue weighted by atomic mass is 10.4. The summed E-state index contributed by atoms with van der Waals surface area (Å²) in [5.74, 6) is -0.423. The minimum absolute atomic E-state index is 0.138. The molecule has 0 saturated carbocycles. The highest BCUT2D eigenvalue weighted by atomic mass is 16.7. The molecule has 8 nitrogen and oxygen atoms in total. The Labute approximate surface area is 130 Å². The van der Waals surface area contributed by atoms with Crippen LogP contribution in [0.5, 0.6) is 0 Å². The SMILES string of the molecule is C=C(C)C(=O)OCCOCCOCCOCCOC(=O)OC. The van der Waals surface area contributed by atoms with Gasteiger partial charge in [0.05, 0.1) is 46.8 Å². The predicted molar refractivity (Wildman–Crippen MR) is 76.6 cm³/mol. The summed E-state index contributed by atoms with van der Waals surface area (Å²) in [4.78, 5) is 21.6. The molecule has 0 N–H and O–H groups in total. The van der Waals surface area contributed by atoms with Crippen molar-refractivity contribution in [3.63, 3.8) is 0 Å². The Morgan fingerprint density at radius 2 is 1.18 bits per heavy atom. The second kappa shape index (κ2) is 14.3. The molecule has 8 heteroatoms. The molecule has 0 aromatic rings. The summed E-state index contributed by atoms with van der Waals surface area (Å²) in [6.45, 7) is 7.58. The van der Waals surface area contributed by atoms with Gasteiger partial charge in [-0.3, -0.25) is 0 Å². The summed E-state index contributed by atoms with van der Waals surface area (Å²) in [6.07, 6.45) is -0.731. The topological polar surface area (TPSA) is 89.5 Å². The molecule has 0 radical (unpaired) electrons. The van der Waals surface area contributed by atoms with Gasteiger partial charge in [0.15, 0.2) is 0 Å². The molecule has 0 spiro atoms. The number of hydrogen-bond donors (Lipinski definition) is 0. The van der Waals surface area contributed by atoms with Crippen molar-refractivity contribution < 1.29 is 38.0 Å². The van der Waals surface area contributed by atoms with E-state index >= 15 is 0 Å². The van der Waals surface area contributed by atoms with Crippen molar-refractivity contribution in [2.24, 2.45) is 0 Å². The van der Waals surface area contributed by atoms with Gasteiger partial charge in [-0.05, 0) is 6.92 Å². The van der Waals surface area contributed by atoms with Crippen LogP contribution in [0.4, 0.5) is 4.79 Å². The minimum Gasteiger partial charge on any atom is -0.460 e. The van der Waals surface area contributed by atoms with Crippen LogP contribution in [0.2, 0.25) is 0 Å². The number of carbonyl (C=O) groups excluding carboxylic acids is 2. The highest BCUT2D eigenvalue weighted by Gasteiger charge is 2.02. The summed E-state index contributed by atoms with van der Waals surface area (Å²) in [5.41, 5.74) is 0.361. The van der Waals surface area contributed by atoms with Crippen LogP contribution < -0.4 is 0 Å². The third-order valence-corrected chi connectivity index (χ3v) is 2.17. The van der Waals surface area contributed by atoms with Crippen LogP contribution in [-0.4, -0.2) is 72.1 Å². The fraction of sp³-hybridized carbons (Fsp3) is 0.714. The van der Waals surface area contributed by atoms with Crippen LogP contribution in [-0.2, 0) is 33.2 Å². The van der Waals surface area contributed by atoms with Crippen LogP contribution in [0.15, 0.2) is 12.2 Å². The fourth-order valence-electron chi connectivity index (χ4n) is 1.10. The van der Waals surface area contributed by atoms with E-state index in [0.29, 0.717) is 38.6 Å². The molecular formula is C14H24O8. The lowest BCUT2D eigenvalue weighted by Crippen LogP contribution is -2.15. The van der Waals surface area contributed by atoms with Gasteiger partial charge < -0.3 is 28.4 Å². The number of methoxy groups -OCH3 is 1. The number of ether oxygens (including phenoxy) is 6. The molecule has 0 fully saturated rings. The van der Waals surface area contributed by atoms with Gasteiger partial charge in [-0.1, -0.05) is 6.58 Å². The van der Waals surface area contributed by atoms with Crippen LogP contribution in [0.1, 0.15) is 6.92 Å². The van der Waals surface area contributed by atoms with Crippen molar-refractivity contribution in [1.82, 2.24) is 0 Å². The van der Waals surface area contributed by atoms with Crippen LogP contribution in [0.3, 0.4) is 0 Å². The van der Waals surface area contributed by atoms with E-state index < -0.39 is 12.1 Å². The standard InChI is InChI=1S/C14H24O8/c1-12(2)13(15)21-10-8-19-6-4-18-5-7-20-9-11-22-14(16)17-3/h1,4-11H2,2-3H3. The van der Waals surface area contributed by atoms with E-state index in [4.69, 9.17) is 18.9 Å². The summed E-state index contributed by atoms with van der Waals surface area (Å²) >= 11 is 0. The predicted octanol–water partition coefficient (Wildman–Crippen LogP) is 0.939. The molecule has 128 valence electrons. The molecule has 0 heterocycles. The van der Waals surface area contributed by atoms with E-state index in [-0.39, 0.29) is 19.8 Å². The van der Waals surface area contributed by atoms with Gasteiger partial charge >= 0.3 is 12.1 Å². The lowest BCUT2D eigenvalue weighted by Gasteiger charge is -2.07. The normalized spacial score (nSPS) is 10.1. The molecule has 0 aliphatic heterocycles. The zero-order chi connectivity index (χ0) is 16.6. The molecule has 0 unspecified atom stereocenters. The summed E-state index contributed by atoms with van der Waals surface area (Å²) < 4.78 is 29.4. The maximum absolute atomic E-state index is 11.0. The molecule has 22 heavy (non-hydrogen) atoms. The van der Waals surface area contributed by atoms with Crippen molar-refractivity contribution >= 4 is 12.1 Å². The number of rotatable bonds is 13. The highest BCUT2D eigenvalue weighted by Crippen LogP contribution is 1.91. The van der Waals surface area contributed by atoms with E-state index in [1.54, 1.807) is 6.92 Å². The third kappa shape index (κ3) is 13.3. The summed E-state index contributed by atoms with van der Waals surface area (Å²) in [7, 11) is 1.24. The van der Waals surface area contributed by atoms with Crippen LogP contribution in [0, 0.1) is 0 Å². The second-order valence-corrected chi connectivity index (χ2v) is 4.06. The van der Waals surface area contributed by atoms with Crippen molar-refractivity contribution in [3.8, 4) is 0 Å². The third-order valence-electron chi connectivity index (χ3n) is 2.17. The molecule has 0 rings (SSSR count). The molecule has 0 atom stereocenters. The van der Waals surface area contributed by atoms with Crippen molar-refractivity contribution in [1.29, 1.82) is 0 Å². The number of esters is 1. The van der Waals surface area contributed by atoms with Gasteiger partial charge in [0, 0.05) is 5.57 Å². The quantitative estimate of drug-likeness (QED) is 0.281. The molecule has 0 aromatic carbocycles. The van der Waals surface area contributed by atoms with Crippen LogP contribution >= 0.6 is 0 Å². The minimum atomic E-state index is -0.731. The van der Waals surface area contributed by atoms with E-state index in [9.17, 15) is 9.59 Å². The van der Waals surface area contributed by atoms with E-state index in [0.717, 1.165) is 0 Å². The van der Waals surface area contributed by atoms with Gasteiger partial charge in [-0.25, -0.2) is 9.59 Å². The molecule has 0 aliphatic rings. The smallest absolute Gasteiger partial charge is 0.460 e. The largest absolute Gasteiger partial charge is 0.508 e.